The summed E-state index contributed by atoms with van der Waals surface area (Å²) in [6.45, 7) is 0.862. The zero-order valence-electron chi connectivity index (χ0n) is 9.90. The van der Waals surface area contributed by atoms with Crippen LogP contribution in [0, 0.1) is 5.92 Å². The van der Waals surface area contributed by atoms with E-state index in [-0.39, 0.29) is 18.4 Å². The number of nitrogens with zero attached hydrogens (tertiary/aromatic N) is 1. The van der Waals surface area contributed by atoms with Gasteiger partial charge in [-0.3, -0.25) is 4.79 Å². The lowest BCUT2D eigenvalue weighted by Gasteiger charge is -2.38. The van der Waals surface area contributed by atoms with Crippen LogP contribution in [-0.2, 0) is 4.79 Å². The number of halogens is 2. The number of urea groups is 1. The second kappa shape index (κ2) is 5.67. The van der Waals surface area contributed by atoms with Crippen molar-refractivity contribution in [2.45, 2.75) is 6.42 Å². The minimum Gasteiger partial charge on any atom is -0.481 e. The van der Waals surface area contributed by atoms with E-state index in [0.29, 0.717) is 28.8 Å². The molecule has 1 heterocycles. The third-order valence-corrected chi connectivity index (χ3v) is 3.53. The maximum atomic E-state index is 11.9. The van der Waals surface area contributed by atoms with E-state index >= 15 is 0 Å². The molecule has 7 heteroatoms. The molecule has 5 nitrogen and oxygen atoms in total. The molecule has 1 saturated heterocycles. The van der Waals surface area contributed by atoms with Crippen LogP contribution in [0.25, 0.3) is 0 Å². The molecular formula is C12H12Cl2N2O3. The summed E-state index contributed by atoms with van der Waals surface area (Å²) < 4.78 is 0. The van der Waals surface area contributed by atoms with E-state index in [1.165, 1.54) is 4.90 Å². The predicted molar refractivity (Wildman–Crippen MR) is 72.8 cm³/mol. The number of benzene rings is 1. The number of carboxylic acid groups (broad SMARTS) is 1. The van der Waals surface area contributed by atoms with Crippen LogP contribution in [0.5, 0.6) is 0 Å². The molecule has 0 saturated carbocycles. The number of carbonyl (C=O) groups is 2. The van der Waals surface area contributed by atoms with Crippen LogP contribution in [0.4, 0.5) is 10.5 Å². The number of para-hydroxylation sites is 1. The summed E-state index contributed by atoms with van der Waals surface area (Å²) in [5.41, 5.74) is 0.373. The van der Waals surface area contributed by atoms with E-state index < -0.39 is 5.97 Å². The molecule has 1 aliphatic rings. The summed E-state index contributed by atoms with van der Waals surface area (Å²) in [5, 5.41) is 12.0. The lowest BCUT2D eigenvalue weighted by molar-refractivity contribution is -0.139. The van der Waals surface area contributed by atoms with Crippen molar-refractivity contribution < 1.29 is 14.7 Å². The smallest absolute Gasteiger partial charge is 0.321 e. The van der Waals surface area contributed by atoms with E-state index in [2.05, 4.69) is 5.32 Å². The van der Waals surface area contributed by atoms with Crippen molar-refractivity contribution in [3.8, 4) is 0 Å². The number of hydrogen-bond donors (Lipinski definition) is 2. The highest BCUT2D eigenvalue weighted by Gasteiger charge is 2.32. The second-order valence-electron chi connectivity index (χ2n) is 4.40. The second-order valence-corrected chi connectivity index (χ2v) is 5.21. The first kappa shape index (κ1) is 14.0. The number of rotatable bonds is 3. The zero-order chi connectivity index (χ0) is 14.0. The zero-order valence-corrected chi connectivity index (χ0v) is 11.4. The molecule has 0 atom stereocenters. The lowest BCUT2D eigenvalue weighted by Crippen LogP contribution is -2.52. The van der Waals surface area contributed by atoms with Gasteiger partial charge in [0.1, 0.15) is 0 Å². The van der Waals surface area contributed by atoms with Crippen LogP contribution in [0.3, 0.4) is 0 Å². The van der Waals surface area contributed by atoms with Gasteiger partial charge >= 0.3 is 12.0 Å². The first-order chi connectivity index (χ1) is 8.97. The topological polar surface area (TPSA) is 69.6 Å². The molecule has 1 aliphatic heterocycles. The molecule has 0 spiro atoms. The number of carbonyl (C=O) groups excluding carboxylic acids is 1. The van der Waals surface area contributed by atoms with E-state index in [0.717, 1.165) is 0 Å². The Morgan fingerprint density at radius 2 is 1.89 bits per heavy atom. The van der Waals surface area contributed by atoms with Crippen molar-refractivity contribution in [3.63, 3.8) is 0 Å². The number of anilines is 1. The normalized spacial score (nSPS) is 14.9. The summed E-state index contributed by atoms with van der Waals surface area (Å²) in [5.74, 6) is -0.829. The van der Waals surface area contributed by atoms with Crippen LogP contribution in [0.2, 0.25) is 10.0 Å². The third-order valence-electron chi connectivity index (χ3n) is 2.90. The Hall–Kier alpha value is -1.46. The highest BCUT2D eigenvalue weighted by Crippen LogP contribution is 2.30. The summed E-state index contributed by atoms with van der Waals surface area (Å²) in [4.78, 5) is 23.9. The van der Waals surface area contributed by atoms with Gasteiger partial charge in [0.15, 0.2) is 0 Å². The van der Waals surface area contributed by atoms with Gasteiger partial charge in [0.2, 0.25) is 0 Å². The largest absolute Gasteiger partial charge is 0.481 e. The molecule has 0 bridgehead atoms. The van der Waals surface area contributed by atoms with Crippen molar-refractivity contribution in [1.82, 2.24) is 4.90 Å². The Balaban J connectivity index is 1.91. The van der Waals surface area contributed by atoms with E-state index in [4.69, 9.17) is 28.3 Å². The highest BCUT2D eigenvalue weighted by atomic mass is 35.5. The number of amides is 2. The fourth-order valence-electron chi connectivity index (χ4n) is 1.91. The van der Waals surface area contributed by atoms with E-state index in [9.17, 15) is 9.59 Å². The van der Waals surface area contributed by atoms with Crippen LogP contribution in [0.15, 0.2) is 18.2 Å². The Morgan fingerprint density at radius 1 is 1.32 bits per heavy atom. The maximum Gasteiger partial charge on any atom is 0.321 e. The summed E-state index contributed by atoms with van der Waals surface area (Å²) >= 11 is 11.9. The molecule has 19 heavy (non-hydrogen) atoms. The Bertz CT molecular complexity index is 495. The number of hydrogen-bond acceptors (Lipinski definition) is 2. The number of carboxylic acids is 1. The SMILES string of the molecule is O=C(O)CC1CN(C(=O)Nc2c(Cl)cccc2Cl)C1. The summed E-state index contributed by atoms with van der Waals surface area (Å²) in [6, 6.07) is 4.63. The van der Waals surface area contributed by atoms with E-state index in [1.54, 1.807) is 18.2 Å². The molecule has 1 aromatic carbocycles. The predicted octanol–water partition coefficient (Wildman–Crippen LogP) is 2.93. The average molecular weight is 303 g/mol. The molecule has 102 valence electrons. The summed E-state index contributed by atoms with van der Waals surface area (Å²) in [6.07, 6.45) is 0.0800. The molecule has 1 aromatic rings. The molecule has 0 radical (unpaired) electrons. The standard InChI is InChI=1S/C12H12Cl2N2O3/c13-8-2-1-3-9(14)11(8)15-12(19)16-5-7(6-16)4-10(17)18/h1-3,7H,4-6H2,(H,15,19)(H,17,18). The Kier molecular flexibility index (Phi) is 4.17. The van der Waals surface area contributed by atoms with Crippen molar-refractivity contribution in [3.05, 3.63) is 28.2 Å². The van der Waals surface area contributed by atoms with Crippen molar-refractivity contribution in [1.29, 1.82) is 0 Å². The number of nitrogens with one attached hydrogen (secondary N) is 1. The van der Waals surface area contributed by atoms with Gasteiger partial charge in [0.25, 0.3) is 0 Å². The van der Waals surface area contributed by atoms with Crippen LogP contribution >= 0.6 is 23.2 Å². The van der Waals surface area contributed by atoms with Crippen LogP contribution in [0.1, 0.15) is 6.42 Å². The van der Waals surface area contributed by atoms with Crippen LogP contribution in [-0.4, -0.2) is 35.1 Å². The minimum absolute atomic E-state index is 0.0185. The van der Waals surface area contributed by atoms with Gasteiger partial charge in [-0.1, -0.05) is 29.3 Å². The summed E-state index contributed by atoms with van der Waals surface area (Å²) in [7, 11) is 0. The quantitative estimate of drug-likeness (QED) is 0.902. The fourth-order valence-corrected chi connectivity index (χ4v) is 2.41. The van der Waals surface area contributed by atoms with Crippen molar-refractivity contribution in [2.24, 2.45) is 5.92 Å². The Labute approximate surface area is 120 Å². The molecule has 1 fully saturated rings. The van der Waals surface area contributed by atoms with Gasteiger partial charge in [-0.25, -0.2) is 4.79 Å². The molecule has 2 amide bonds. The van der Waals surface area contributed by atoms with Gasteiger partial charge in [-0.15, -0.1) is 0 Å². The molecule has 2 N–H and O–H groups in total. The maximum absolute atomic E-state index is 11.9. The van der Waals surface area contributed by atoms with Crippen LogP contribution < -0.4 is 5.32 Å². The lowest BCUT2D eigenvalue weighted by atomic mass is 9.97. The molecule has 0 unspecified atom stereocenters. The average Bonchev–Trinajstić information content (AvgIpc) is 2.27. The minimum atomic E-state index is -0.848. The molecule has 2 rings (SSSR count). The third kappa shape index (κ3) is 3.30. The van der Waals surface area contributed by atoms with Gasteiger partial charge in [-0.05, 0) is 12.1 Å². The first-order valence-electron chi connectivity index (χ1n) is 5.69. The molecule has 0 aliphatic carbocycles. The number of likely N-dealkylation sites (tertiary alicyclic amines) is 1. The van der Waals surface area contributed by atoms with Gasteiger partial charge < -0.3 is 15.3 Å². The highest BCUT2D eigenvalue weighted by molar-refractivity contribution is 6.39. The van der Waals surface area contributed by atoms with Gasteiger partial charge in [-0.2, -0.15) is 0 Å². The first-order valence-corrected chi connectivity index (χ1v) is 6.44. The fraction of sp³-hybridized carbons (Fsp3) is 0.333. The molecular weight excluding hydrogens is 291 g/mol. The van der Waals surface area contributed by atoms with Crippen molar-refractivity contribution in [2.75, 3.05) is 18.4 Å². The van der Waals surface area contributed by atoms with Gasteiger partial charge in [0.05, 0.1) is 22.2 Å². The Morgan fingerprint density at radius 3 is 2.42 bits per heavy atom. The van der Waals surface area contributed by atoms with E-state index in [1.807, 2.05) is 0 Å². The van der Waals surface area contributed by atoms with Crippen molar-refractivity contribution >= 4 is 40.9 Å². The number of aliphatic carboxylic acids is 1. The monoisotopic (exact) mass is 302 g/mol. The van der Waals surface area contributed by atoms with Gasteiger partial charge in [0, 0.05) is 19.0 Å². The molecule has 0 aromatic heterocycles.